The van der Waals surface area contributed by atoms with E-state index in [1.807, 2.05) is 0 Å². The summed E-state index contributed by atoms with van der Waals surface area (Å²) in [6.45, 7) is 12.7. The molecule has 0 amide bonds. The second kappa shape index (κ2) is 6.68. The van der Waals surface area contributed by atoms with E-state index in [0.717, 1.165) is 50.4 Å². The molecule has 2 saturated carbocycles. The van der Waals surface area contributed by atoms with Crippen LogP contribution in [0.1, 0.15) is 66.2 Å². The number of aliphatic hydroxyl groups excluding tert-OH is 1. The Morgan fingerprint density at radius 2 is 1.89 bits per heavy atom. The predicted octanol–water partition coefficient (Wildman–Crippen LogP) is 4.47. The molecule has 4 aliphatic carbocycles. The molecule has 156 valence electrons. The van der Waals surface area contributed by atoms with Crippen LogP contribution in [0, 0.1) is 34.5 Å². The van der Waals surface area contributed by atoms with Crippen molar-refractivity contribution < 1.29 is 9.84 Å². The zero-order valence-electron chi connectivity index (χ0n) is 18.3. The minimum Gasteiger partial charge on any atom is -0.393 e. The highest BCUT2D eigenvalue weighted by Crippen LogP contribution is 2.67. The van der Waals surface area contributed by atoms with E-state index in [9.17, 15) is 5.11 Å². The molecule has 3 nitrogen and oxygen atoms in total. The molecule has 1 heterocycles. The van der Waals surface area contributed by atoms with Crippen molar-refractivity contribution in [3.05, 3.63) is 22.8 Å². The van der Waals surface area contributed by atoms with Gasteiger partial charge in [-0.25, -0.2) is 0 Å². The third-order valence-corrected chi connectivity index (χ3v) is 9.67. The van der Waals surface area contributed by atoms with Gasteiger partial charge in [-0.05, 0) is 85.5 Å². The summed E-state index contributed by atoms with van der Waals surface area (Å²) in [5.41, 5.74) is 5.56. The maximum Gasteiger partial charge on any atom is 0.0659 e. The maximum atomic E-state index is 10.3. The SMILES string of the molecule is CC1=C(C2COCCN2)[C@@]2(C)CC[C@@H]3[C@@H](C(C)C=C4CC(O)CC[C@@]43C)[C@@H]2C1. The molecule has 3 fully saturated rings. The van der Waals surface area contributed by atoms with E-state index in [1.165, 1.54) is 25.7 Å². The van der Waals surface area contributed by atoms with Crippen LogP contribution in [0.2, 0.25) is 0 Å². The summed E-state index contributed by atoms with van der Waals surface area (Å²) in [6.07, 6.45) is 9.49. The number of hydrogen-bond acceptors (Lipinski definition) is 3. The van der Waals surface area contributed by atoms with Gasteiger partial charge in [0.2, 0.25) is 0 Å². The Morgan fingerprint density at radius 3 is 2.64 bits per heavy atom. The lowest BCUT2D eigenvalue weighted by Gasteiger charge is -2.59. The van der Waals surface area contributed by atoms with E-state index in [-0.39, 0.29) is 6.10 Å². The minimum atomic E-state index is -0.115. The monoisotopic (exact) mass is 385 g/mol. The number of rotatable bonds is 1. The summed E-state index contributed by atoms with van der Waals surface area (Å²) < 4.78 is 5.86. The molecule has 1 saturated heterocycles. The second-order valence-corrected chi connectivity index (χ2v) is 11.1. The average Bonchev–Trinajstić information content (AvgIpc) is 2.94. The Morgan fingerprint density at radius 1 is 1.11 bits per heavy atom. The van der Waals surface area contributed by atoms with Crippen molar-refractivity contribution in [1.82, 2.24) is 5.32 Å². The lowest BCUT2D eigenvalue weighted by molar-refractivity contribution is -0.0513. The maximum absolute atomic E-state index is 10.3. The van der Waals surface area contributed by atoms with Crippen LogP contribution in [0.15, 0.2) is 22.8 Å². The molecule has 0 bridgehead atoms. The van der Waals surface area contributed by atoms with E-state index in [1.54, 1.807) is 16.7 Å². The van der Waals surface area contributed by atoms with Gasteiger partial charge < -0.3 is 15.2 Å². The molecule has 2 N–H and O–H groups in total. The van der Waals surface area contributed by atoms with Crippen LogP contribution in [0.3, 0.4) is 0 Å². The summed E-state index contributed by atoms with van der Waals surface area (Å²) in [6, 6.07) is 0.422. The first-order valence-corrected chi connectivity index (χ1v) is 11.7. The van der Waals surface area contributed by atoms with Crippen LogP contribution < -0.4 is 5.32 Å². The van der Waals surface area contributed by atoms with Crippen LogP contribution in [-0.2, 0) is 4.74 Å². The zero-order valence-corrected chi connectivity index (χ0v) is 18.3. The molecular formula is C25H39NO2. The fourth-order valence-corrected chi connectivity index (χ4v) is 8.41. The minimum absolute atomic E-state index is 0.115. The van der Waals surface area contributed by atoms with Crippen LogP contribution in [-0.4, -0.2) is 37.0 Å². The van der Waals surface area contributed by atoms with Gasteiger partial charge in [-0.3, -0.25) is 0 Å². The first-order valence-electron chi connectivity index (χ1n) is 11.7. The molecule has 0 radical (unpaired) electrons. The summed E-state index contributed by atoms with van der Waals surface area (Å²) in [5.74, 6) is 2.96. The largest absolute Gasteiger partial charge is 0.393 e. The van der Waals surface area contributed by atoms with Crippen LogP contribution in [0.4, 0.5) is 0 Å². The quantitative estimate of drug-likeness (QED) is 0.654. The van der Waals surface area contributed by atoms with E-state index in [2.05, 4.69) is 39.1 Å². The van der Waals surface area contributed by atoms with E-state index in [4.69, 9.17) is 4.74 Å². The van der Waals surface area contributed by atoms with Gasteiger partial charge in [0.25, 0.3) is 0 Å². The van der Waals surface area contributed by atoms with Gasteiger partial charge in [0.15, 0.2) is 0 Å². The van der Waals surface area contributed by atoms with Crippen LogP contribution in [0.5, 0.6) is 0 Å². The third-order valence-electron chi connectivity index (χ3n) is 9.67. The molecule has 0 aromatic heterocycles. The van der Waals surface area contributed by atoms with Gasteiger partial charge in [-0.15, -0.1) is 0 Å². The van der Waals surface area contributed by atoms with Gasteiger partial charge in [-0.2, -0.15) is 0 Å². The number of allylic oxidation sites excluding steroid dienone is 2. The summed E-state index contributed by atoms with van der Waals surface area (Å²) >= 11 is 0. The van der Waals surface area contributed by atoms with Gasteiger partial charge in [-0.1, -0.05) is 38.0 Å². The van der Waals surface area contributed by atoms with Crippen molar-refractivity contribution in [2.75, 3.05) is 19.8 Å². The standard InChI is InChI=1S/C25H39NO2/c1-15-11-17-13-18(27)5-7-24(17,3)19-6-8-25(4)20(22(15)19)12-16(2)23(25)21-14-28-10-9-26-21/h11,15,18-22,26-27H,5-10,12-14H2,1-4H3/t15?,18?,19-,20+,21?,22-,24+,25+/m1/s1. The van der Waals surface area contributed by atoms with Crippen molar-refractivity contribution in [2.24, 2.45) is 34.5 Å². The van der Waals surface area contributed by atoms with E-state index >= 15 is 0 Å². The first kappa shape index (κ1) is 19.3. The topological polar surface area (TPSA) is 41.5 Å². The van der Waals surface area contributed by atoms with Crippen molar-refractivity contribution >= 4 is 0 Å². The summed E-state index contributed by atoms with van der Waals surface area (Å²) in [7, 11) is 0. The number of morpholine rings is 1. The van der Waals surface area contributed by atoms with Crippen LogP contribution >= 0.6 is 0 Å². The van der Waals surface area contributed by atoms with Gasteiger partial charge in [0.05, 0.1) is 25.4 Å². The van der Waals surface area contributed by atoms with Crippen molar-refractivity contribution in [3.63, 3.8) is 0 Å². The molecule has 5 aliphatic rings. The normalized spacial score (nSPS) is 51.2. The molecule has 0 aromatic rings. The summed E-state index contributed by atoms with van der Waals surface area (Å²) in [4.78, 5) is 0. The molecule has 3 heteroatoms. The predicted molar refractivity (Wildman–Crippen MR) is 113 cm³/mol. The number of hydrogen-bond donors (Lipinski definition) is 2. The lowest BCUT2D eigenvalue weighted by Crippen LogP contribution is -2.54. The highest BCUT2D eigenvalue weighted by Gasteiger charge is 2.59. The lowest BCUT2D eigenvalue weighted by atomic mass is 9.45. The fourth-order valence-electron chi connectivity index (χ4n) is 8.41. The van der Waals surface area contributed by atoms with Crippen molar-refractivity contribution in [2.45, 2.75) is 78.4 Å². The number of aliphatic hydroxyl groups is 1. The number of nitrogens with one attached hydrogen (secondary N) is 1. The second-order valence-electron chi connectivity index (χ2n) is 11.1. The third kappa shape index (κ3) is 2.65. The van der Waals surface area contributed by atoms with Crippen molar-refractivity contribution in [3.8, 4) is 0 Å². The Hall–Kier alpha value is -0.640. The first-order chi connectivity index (χ1) is 13.3. The molecule has 8 atom stereocenters. The van der Waals surface area contributed by atoms with Gasteiger partial charge in [0, 0.05) is 6.54 Å². The molecule has 0 aromatic carbocycles. The molecule has 1 aliphatic heterocycles. The zero-order chi connectivity index (χ0) is 19.7. The summed E-state index contributed by atoms with van der Waals surface area (Å²) in [5, 5.41) is 14.1. The molecule has 28 heavy (non-hydrogen) atoms. The molecule has 5 rings (SSSR count). The molecule has 0 spiro atoms. The molecule has 3 unspecified atom stereocenters. The average molecular weight is 386 g/mol. The number of ether oxygens (including phenoxy) is 1. The van der Waals surface area contributed by atoms with Gasteiger partial charge >= 0.3 is 0 Å². The molecular weight excluding hydrogens is 346 g/mol. The van der Waals surface area contributed by atoms with Crippen molar-refractivity contribution in [1.29, 1.82) is 0 Å². The van der Waals surface area contributed by atoms with E-state index in [0.29, 0.717) is 22.8 Å². The smallest absolute Gasteiger partial charge is 0.0659 e. The van der Waals surface area contributed by atoms with Crippen LogP contribution in [0.25, 0.3) is 0 Å². The Labute approximate surface area is 171 Å². The highest BCUT2D eigenvalue weighted by molar-refractivity contribution is 5.37. The Balaban J connectivity index is 1.49. The highest BCUT2D eigenvalue weighted by atomic mass is 16.5. The van der Waals surface area contributed by atoms with Gasteiger partial charge in [0.1, 0.15) is 0 Å². The number of fused-ring (bicyclic) bond motifs is 5. The Kier molecular flexibility index (Phi) is 4.61. The fraction of sp³-hybridized carbons (Fsp3) is 0.840. The Bertz CT molecular complexity index is 705. The van der Waals surface area contributed by atoms with E-state index < -0.39 is 0 Å².